The van der Waals surface area contributed by atoms with Crippen molar-refractivity contribution in [3.63, 3.8) is 0 Å². The quantitative estimate of drug-likeness (QED) is 0.825. The van der Waals surface area contributed by atoms with Gasteiger partial charge in [-0.25, -0.2) is 8.42 Å². The predicted octanol–water partition coefficient (Wildman–Crippen LogP) is 3.57. The molecule has 0 heterocycles. The lowest BCUT2D eigenvalue weighted by molar-refractivity contribution is -0.137. The van der Waals surface area contributed by atoms with E-state index in [1.165, 1.54) is 0 Å². The Bertz CT molecular complexity index is 894. The molecule has 0 aliphatic carbocycles. The molecule has 0 spiro atoms. The maximum atomic E-state index is 12.6. The molecule has 1 atom stereocenters. The Hall–Kier alpha value is -2.55. The van der Waals surface area contributed by atoms with Gasteiger partial charge in [-0.05, 0) is 48.9 Å². The summed E-state index contributed by atoms with van der Waals surface area (Å²) in [6, 6.07) is 9.87. The van der Waals surface area contributed by atoms with Crippen molar-refractivity contribution >= 4 is 21.6 Å². The lowest BCUT2D eigenvalue weighted by Crippen LogP contribution is -2.26. The van der Waals surface area contributed by atoms with Crippen molar-refractivity contribution in [2.45, 2.75) is 19.1 Å². The third kappa shape index (κ3) is 5.48. The summed E-state index contributed by atoms with van der Waals surface area (Å²) in [5, 5.41) is 2.66. The number of alkyl halides is 3. The molecule has 2 aromatic rings. The number of hydrogen-bond donors (Lipinski definition) is 2. The summed E-state index contributed by atoms with van der Waals surface area (Å²) in [5.41, 5.74) is 0.247. The van der Waals surface area contributed by atoms with Crippen molar-refractivity contribution in [1.82, 2.24) is 5.32 Å². The van der Waals surface area contributed by atoms with E-state index in [4.69, 9.17) is 0 Å². The molecule has 9 heteroatoms. The largest absolute Gasteiger partial charge is 0.416 e. The van der Waals surface area contributed by atoms with Crippen molar-refractivity contribution in [3.8, 4) is 0 Å². The first-order valence-corrected chi connectivity index (χ1v) is 9.41. The summed E-state index contributed by atoms with van der Waals surface area (Å²) < 4.78 is 62.6. The fourth-order valence-corrected chi connectivity index (χ4v) is 2.81. The van der Waals surface area contributed by atoms with Gasteiger partial charge in [-0.1, -0.05) is 12.1 Å². The SMILES string of the molecule is CC(NC(=O)c1ccc(C(F)(F)F)cc1)c1cccc(NS(C)(=O)=O)c1. The third-order valence-electron chi connectivity index (χ3n) is 3.51. The van der Waals surface area contributed by atoms with E-state index >= 15 is 0 Å². The van der Waals surface area contributed by atoms with E-state index in [1.807, 2.05) is 0 Å². The molecule has 0 radical (unpaired) electrons. The molecule has 0 saturated carbocycles. The Balaban J connectivity index is 2.10. The standard InChI is InChI=1S/C17H17F3N2O3S/c1-11(13-4-3-5-15(10-13)22-26(2,24)25)21-16(23)12-6-8-14(9-7-12)17(18,19)20/h3-11,22H,1-2H3,(H,21,23). The molecule has 2 rings (SSSR count). The van der Waals surface area contributed by atoms with Gasteiger partial charge in [0.25, 0.3) is 5.91 Å². The van der Waals surface area contributed by atoms with Crippen LogP contribution in [0.2, 0.25) is 0 Å². The molecule has 1 unspecified atom stereocenters. The number of hydrogen-bond acceptors (Lipinski definition) is 3. The maximum absolute atomic E-state index is 12.6. The van der Waals surface area contributed by atoms with Crippen LogP contribution in [0.1, 0.15) is 34.5 Å². The highest BCUT2D eigenvalue weighted by molar-refractivity contribution is 7.92. The average molecular weight is 386 g/mol. The highest BCUT2D eigenvalue weighted by Crippen LogP contribution is 2.29. The predicted molar refractivity (Wildman–Crippen MR) is 92.2 cm³/mol. The Kier molecular flexibility index (Phi) is 5.60. The number of carbonyl (C=O) groups excluding carboxylic acids is 1. The zero-order chi connectivity index (χ0) is 19.5. The highest BCUT2D eigenvalue weighted by atomic mass is 32.2. The van der Waals surface area contributed by atoms with E-state index in [1.54, 1.807) is 31.2 Å². The van der Waals surface area contributed by atoms with Crippen LogP contribution in [0, 0.1) is 0 Å². The monoisotopic (exact) mass is 386 g/mol. The minimum atomic E-state index is -4.46. The first-order valence-electron chi connectivity index (χ1n) is 7.51. The van der Waals surface area contributed by atoms with E-state index in [0.29, 0.717) is 11.3 Å². The van der Waals surface area contributed by atoms with Crippen LogP contribution in [-0.4, -0.2) is 20.6 Å². The first-order chi connectivity index (χ1) is 12.0. The van der Waals surface area contributed by atoms with Gasteiger partial charge in [0.15, 0.2) is 0 Å². The van der Waals surface area contributed by atoms with Gasteiger partial charge in [-0.2, -0.15) is 13.2 Å². The van der Waals surface area contributed by atoms with Crippen molar-refractivity contribution in [3.05, 3.63) is 65.2 Å². The molecular formula is C17H17F3N2O3S. The molecule has 5 nitrogen and oxygen atoms in total. The van der Waals surface area contributed by atoms with E-state index in [-0.39, 0.29) is 5.56 Å². The van der Waals surface area contributed by atoms with Gasteiger partial charge in [0.05, 0.1) is 17.9 Å². The molecule has 0 aromatic heterocycles. The van der Waals surface area contributed by atoms with E-state index in [2.05, 4.69) is 10.0 Å². The molecule has 0 bridgehead atoms. The summed E-state index contributed by atoms with van der Waals surface area (Å²) in [5.74, 6) is -0.535. The van der Waals surface area contributed by atoms with Crippen molar-refractivity contribution in [2.24, 2.45) is 0 Å². The lowest BCUT2D eigenvalue weighted by atomic mass is 10.1. The summed E-state index contributed by atoms with van der Waals surface area (Å²) in [6.07, 6.45) is -3.44. The van der Waals surface area contributed by atoms with Crippen LogP contribution in [0.3, 0.4) is 0 Å². The summed E-state index contributed by atoms with van der Waals surface area (Å²) in [6.45, 7) is 1.68. The number of benzene rings is 2. The van der Waals surface area contributed by atoms with Crippen LogP contribution in [0.4, 0.5) is 18.9 Å². The van der Waals surface area contributed by atoms with E-state index in [0.717, 1.165) is 30.5 Å². The molecular weight excluding hydrogens is 369 g/mol. The zero-order valence-corrected chi connectivity index (χ0v) is 14.8. The summed E-state index contributed by atoms with van der Waals surface area (Å²) in [4.78, 5) is 12.2. The van der Waals surface area contributed by atoms with E-state index < -0.39 is 33.7 Å². The Morgan fingerprint density at radius 2 is 1.69 bits per heavy atom. The van der Waals surface area contributed by atoms with Crippen LogP contribution in [-0.2, 0) is 16.2 Å². The minimum absolute atomic E-state index is 0.0928. The molecule has 0 aliphatic heterocycles. The van der Waals surface area contributed by atoms with Crippen LogP contribution in [0.15, 0.2) is 48.5 Å². The zero-order valence-electron chi connectivity index (χ0n) is 14.0. The fourth-order valence-electron chi connectivity index (χ4n) is 2.26. The van der Waals surface area contributed by atoms with E-state index in [9.17, 15) is 26.4 Å². The van der Waals surface area contributed by atoms with Crippen LogP contribution in [0.5, 0.6) is 0 Å². The number of halogens is 3. The molecule has 2 aromatic carbocycles. The normalized spacial score (nSPS) is 13.1. The van der Waals surface area contributed by atoms with Crippen LogP contribution >= 0.6 is 0 Å². The maximum Gasteiger partial charge on any atom is 0.416 e. The molecule has 140 valence electrons. The van der Waals surface area contributed by atoms with Gasteiger partial charge in [-0.15, -0.1) is 0 Å². The van der Waals surface area contributed by atoms with Crippen molar-refractivity contribution in [2.75, 3.05) is 11.0 Å². The van der Waals surface area contributed by atoms with Gasteiger partial charge in [-0.3, -0.25) is 9.52 Å². The molecule has 0 aliphatic rings. The van der Waals surface area contributed by atoms with Gasteiger partial charge < -0.3 is 5.32 Å². The number of sulfonamides is 1. The van der Waals surface area contributed by atoms with Gasteiger partial charge in [0.2, 0.25) is 10.0 Å². The number of rotatable bonds is 5. The molecule has 0 saturated heterocycles. The lowest BCUT2D eigenvalue weighted by Gasteiger charge is -2.16. The van der Waals surface area contributed by atoms with Gasteiger partial charge in [0.1, 0.15) is 0 Å². The third-order valence-corrected chi connectivity index (χ3v) is 4.12. The summed E-state index contributed by atoms with van der Waals surface area (Å²) >= 11 is 0. The average Bonchev–Trinajstić information content (AvgIpc) is 2.52. The topological polar surface area (TPSA) is 75.3 Å². The summed E-state index contributed by atoms with van der Waals surface area (Å²) in [7, 11) is -3.43. The van der Waals surface area contributed by atoms with Crippen LogP contribution in [0.25, 0.3) is 0 Å². The van der Waals surface area contributed by atoms with Gasteiger partial charge >= 0.3 is 6.18 Å². The molecule has 26 heavy (non-hydrogen) atoms. The second kappa shape index (κ2) is 7.36. The minimum Gasteiger partial charge on any atom is -0.346 e. The smallest absolute Gasteiger partial charge is 0.346 e. The number of anilines is 1. The Morgan fingerprint density at radius 3 is 2.23 bits per heavy atom. The number of amides is 1. The second-order valence-corrected chi connectivity index (χ2v) is 7.52. The van der Waals surface area contributed by atoms with Crippen molar-refractivity contribution in [1.29, 1.82) is 0 Å². The van der Waals surface area contributed by atoms with Gasteiger partial charge in [0, 0.05) is 11.3 Å². The second-order valence-electron chi connectivity index (χ2n) is 5.77. The molecule has 2 N–H and O–H groups in total. The Morgan fingerprint density at radius 1 is 1.08 bits per heavy atom. The number of nitrogens with one attached hydrogen (secondary N) is 2. The fraction of sp³-hybridized carbons (Fsp3) is 0.235. The van der Waals surface area contributed by atoms with Crippen LogP contribution < -0.4 is 10.0 Å². The van der Waals surface area contributed by atoms with Crippen molar-refractivity contribution < 1.29 is 26.4 Å². The highest BCUT2D eigenvalue weighted by Gasteiger charge is 2.30. The molecule has 1 amide bonds. The first kappa shape index (κ1) is 19.8. The number of carbonyl (C=O) groups is 1. The Labute approximate surface area is 149 Å². The molecule has 0 fully saturated rings.